The van der Waals surface area contributed by atoms with Gasteiger partial charge in [-0.2, -0.15) is 0 Å². The van der Waals surface area contributed by atoms with Gasteiger partial charge in [0.1, 0.15) is 0 Å². The molecule has 1 aromatic carbocycles. The number of carboxylic acids is 1. The second-order valence-corrected chi connectivity index (χ2v) is 5.90. The third-order valence-corrected chi connectivity index (χ3v) is 3.72. The first kappa shape index (κ1) is 15.0. The van der Waals surface area contributed by atoms with Crippen molar-refractivity contribution in [2.24, 2.45) is 0 Å². The van der Waals surface area contributed by atoms with Crippen molar-refractivity contribution in [2.45, 2.75) is 0 Å². The lowest BCUT2D eigenvalue weighted by Gasteiger charge is -2.18. The van der Waals surface area contributed by atoms with Crippen LogP contribution in [0.25, 0.3) is 0 Å². The quantitative estimate of drug-likeness (QED) is 0.819. The molecular weight excluding hydrogens is 272 g/mol. The van der Waals surface area contributed by atoms with Crippen LogP contribution in [0.3, 0.4) is 0 Å². The van der Waals surface area contributed by atoms with E-state index in [0.717, 1.165) is 10.6 Å². The fraction of sp³-hybridized carbons (Fsp3) is 0.273. The minimum atomic E-state index is -3.54. The number of sulfonamides is 1. The molecule has 0 saturated carbocycles. The molecule has 7 nitrogen and oxygen atoms in total. The summed E-state index contributed by atoms with van der Waals surface area (Å²) in [7, 11) is -0.859. The molecule has 0 unspecified atom stereocenters. The Labute approximate surface area is 110 Å². The maximum absolute atomic E-state index is 11.5. The number of nitrogens with zero attached hydrogens (tertiary/aromatic N) is 1. The number of hydrogen-bond donors (Lipinski definition) is 2. The van der Waals surface area contributed by atoms with Crippen molar-refractivity contribution in [3.63, 3.8) is 0 Å². The van der Waals surface area contributed by atoms with Gasteiger partial charge in [0.05, 0.1) is 17.5 Å². The fourth-order valence-electron chi connectivity index (χ4n) is 1.38. The van der Waals surface area contributed by atoms with E-state index in [9.17, 15) is 18.0 Å². The molecule has 0 aliphatic heterocycles. The van der Waals surface area contributed by atoms with Crippen molar-refractivity contribution in [1.29, 1.82) is 0 Å². The third kappa shape index (κ3) is 3.44. The Morgan fingerprint density at radius 3 is 2.16 bits per heavy atom. The van der Waals surface area contributed by atoms with E-state index in [0.29, 0.717) is 0 Å². The summed E-state index contributed by atoms with van der Waals surface area (Å²) in [5.41, 5.74) is 0.0282. The second-order valence-electron chi connectivity index (χ2n) is 3.88. The number of benzene rings is 1. The van der Waals surface area contributed by atoms with Crippen molar-refractivity contribution in [2.75, 3.05) is 24.7 Å². The molecule has 0 heterocycles. The Hall–Kier alpha value is -2.09. The van der Waals surface area contributed by atoms with Gasteiger partial charge < -0.3 is 10.4 Å². The molecule has 0 aromatic heterocycles. The van der Waals surface area contributed by atoms with Gasteiger partial charge in [-0.05, 0) is 18.2 Å². The smallest absolute Gasteiger partial charge is 0.335 e. The summed E-state index contributed by atoms with van der Waals surface area (Å²) in [6, 6.07) is 3.68. The molecule has 19 heavy (non-hydrogen) atoms. The standard InChI is InChI=1S/C11H14N2O5S/c1-12-10(14)7-4-8(11(15)16)6-9(5-7)13(2)19(3,17)18/h4-6H,1-3H3,(H,12,14)(H,15,16). The van der Waals surface area contributed by atoms with Gasteiger partial charge in [-0.15, -0.1) is 0 Å². The number of carbonyl (C=O) groups excluding carboxylic acids is 1. The minimum Gasteiger partial charge on any atom is -0.478 e. The van der Waals surface area contributed by atoms with Crippen LogP contribution in [0.2, 0.25) is 0 Å². The van der Waals surface area contributed by atoms with Crippen molar-refractivity contribution < 1.29 is 23.1 Å². The topological polar surface area (TPSA) is 104 Å². The van der Waals surface area contributed by atoms with E-state index in [-0.39, 0.29) is 16.8 Å². The zero-order chi connectivity index (χ0) is 14.8. The van der Waals surface area contributed by atoms with Crippen LogP contribution in [-0.2, 0) is 10.0 Å². The molecule has 0 saturated heterocycles. The first-order chi connectivity index (χ1) is 8.66. The molecule has 1 rings (SSSR count). The van der Waals surface area contributed by atoms with E-state index < -0.39 is 21.9 Å². The van der Waals surface area contributed by atoms with Gasteiger partial charge in [-0.3, -0.25) is 9.10 Å². The van der Waals surface area contributed by atoms with Gasteiger partial charge in [0.2, 0.25) is 10.0 Å². The van der Waals surface area contributed by atoms with E-state index in [2.05, 4.69) is 5.32 Å². The molecule has 2 N–H and O–H groups in total. The average molecular weight is 286 g/mol. The molecule has 0 spiro atoms. The van der Waals surface area contributed by atoms with E-state index in [4.69, 9.17) is 5.11 Å². The average Bonchev–Trinajstić information content (AvgIpc) is 2.35. The van der Waals surface area contributed by atoms with E-state index >= 15 is 0 Å². The van der Waals surface area contributed by atoms with Crippen LogP contribution in [-0.4, -0.2) is 45.8 Å². The number of anilines is 1. The van der Waals surface area contributed by atoms with Gasteiger partial charge in [-0.1, -0.05) is 0 Å². The Morgan fingerprint density at radius 2 is 1.74 bits per heavy atom. The lowest BCUT2D eigenvalue weighted by molar-refractivity contribution is 0.0697. The molecule has 0 atom stereocenters. The normalized spacial score (nSPS) is 10.9. The molecule has 0 fully saturated rings. The molecule has 104 valence electrons. The summed E-state index contributed by atoms with van der Waals surface area (Å²) in [5.74, 6) is -1.74. The van der Waals surface area contributed by atoms with Crippen molar-refractivity contribution in [3.05, 3.63) is 29.3 Å². The molecule has 0 radical (unpaired) electrons. The Bertz CT molecular complexity index is 624. The van der Waals surface area contributed by atoms with E-state index in [1.54, 1.807) is 0 Å². The number of amides is 1. The number of nitrogens with one attached hydrogen (secondary N) is 1. The lowest BCUT2D eigenvalue weighted by atomic mass is 10.1. The highest BCUT2D eigenvalue weighted by atomic mass is 32.2. The van der Waals surface area contributed by atoms with Crippen LogP contribution in [0.1, 0.15) is 20.7 Å². The van der Waals surface area contributed by atoms with Crippen molar-refractivity contribution >= 4 is 27.6 Å². The molecule has 0 aliphatic carbocycles. The summed E-state index contributed by atoms with van der Waals surface area (Å²) in [6.07, 6.45) is 0.986. The Morgan fingerprint density at radius 1 is 1.21 bits per heavy atom. The summed E-state index contributed by atoms with van der Waals surface area (Å²) in [5, 5.41) is 11.3. The number of carboxylic acid groups (broad SMARTS) is 1. The van der Waals surface area contributed by atoms with Crippen molar-refractivity contribution in [1.82, 2.24) is 5.32 Å². The van der Waals surface area contributed by atoms with Crippen LogP contribution in [0, 0.1) is 0 Å². The predicted molar refractivity (Wildman–Crippen MR) is 70.0 cm³/mol. The minimum absolute atomic E-state index is 0.0768. The van der Waals surface area contributed by atoms with Gasteiger partial charge in [0.15, 0.2) is 0 Å². The van der Waals surface area contributed by atoms with E-state index in [1.165, 1.54) is 32.3 Å². The number of hydrogen-bond acceptors (Lipinski definition) is 4. The summed E-state index contributed by atoms with van der Waals surface area (Å²) >= 11 is 0. The SMILES string of the molecule is CNC(=O)c1cc(C(=O)O)cc(N(C)S(C)(=O)=O)c1. The van der Waals surface area contributed by atoms with Gasteiger partial charge in [0.25, 0.3) is 5.91 Å². The third-order valence-electron chi connectivity index (χ3n) is 2.52. The molecule has 8 heteroatoms. The van der Waals surface area contributed by atoms with Crippen LogP contribution in [0.5, 0.6) is 0 Å². The Kier molecular flexibility index (Phi) is 4.15. The van der Waals surface area contributed by atoms with E-state index in [1.807, 2.05) is 0 Å². The second kappa shape index (κ2) is 5.27. The maximum atomic E-state index is 11.5. The fourth-order valence-corrected chi connectivity index (χ4v) is 1.87. The largest absolute Gasteiger partial charge is 0.478 e. The maximum Gasteiger partial charge on any atom is 0.335 e. The molecule has 0 aliphatic rings. The zero-order valence-electron chi connectivity index (χ0n) is 10.7. The van der Waals surface area contributed by atoms with Crippen LogP contribution in [0.4, 0.5) is 5.69 Å². The molecule has 0 bridgehead atoms. The summed E-state index contributed by atoms with van der Waals surface area (Å²) < 4.78 is 23.8. The molecule has 1 amide bonds. The highest BCUT2D eigenvalue weighted by Gasteiger charge is 2.17. The van der Waals surface area contributed by atoms with Crippen LogP contribution < -0.4 is 9.62 Å². The number of rotatable bonds is 4. The molecule has 1 aromatic rings. The van der Waals surface area contributed by atoms with Crippen LogP contribution in [0.15, 0.2) is 18.2 Å². The lowest BCUT2D eigenvalue weighted by Crippen LogP contribution is -2.26. The number of aromatic carboxylic acids is 1. The number of carbonyl (C=O) groups is 2. The summed E-state index contributed by atoms with van der Waals surface area (Å²) in [4.78, 5) is 22.5. The van der Waals surface area contributed by atoms with Crippen LogP contribution >= 0.6 is 0 Å². The van der Waals surface area contributed by atoms with Crippen molar-refractivity contribution in [3.8, 4) is 0 Å². The Balaban J connectivity index is 3.44. The van der Waals surface area contributed by atoms with Gasteiger partial charge in [-0.25, -0.2) is 13.2 Å². The molecular formula is C11H14N2O5S. The van der Waals surface area contributed by atoms with Gasteiger partial charge in [0, 0.05) is 19.7 Å². The zero-order valence-corrected chi connectivity index (χ0v) is 11.5. The summed E-state index contributed by atoms with van der Waals surface area (Å²) in [6.45, 7) is 0. The first-order valence-corrected chi connectivity index (χ1v) is 7.06. The van der Waals surface area contributed by atoms with Gasteiger partial charge >= 0.3 is 5.97 Å². The predicted octanol–water partition coefficient (Wildman–Crippen LogP) is 0.140. The first-order valence-electron chi connectivity index (χ1n) is 5.21. The highest BCUT2D eigenvalue weighted by molar-refractivity contribution is 7.92. The highest BCUT2D eigenvalue weighted by Crippen LogP contribution is 2.20. The monoisotopic (exact) mass is 286 g/mol.